The Morgan fingerprint density at radius 2 is 1.90 bits per heavy atom. The van der Waals surface area contributed by atoms with Crippen molar-refractivity contribution in [1.82, 2.24) is 10.2 Å². The largest absolute Gasteiger partial charge is 0.342 e. The maximum atomic E-state index is 13.0. The van der Waals surface area contributed by atoms with Gasteiger partial charge in [0, 0.05) is 6.04 Å². The summed E-state index contributed by atoms with van der Waals surface area (Å²) in [6.45, 7) is 10.4. The molecule has 4 nitrogen and oxygen atoms in total. The van der Waals surface area contributed by atoms with E-state index >= 15 is 0 Å². The second-order valence-corrected chi connectivity index (χ2v) is 7.38. The van der Waals surface area contributed by atoms with Crippen molar-refractivity contribution < 1.29 is 9.59 Å². The molecule has 21 heavy (non-hydrogen) atoms. The molecule has 0 aromatic heterocycles. The van der Waals surface area contributed by atoms with Crippen LogP contribution in [0.5, 0.6) is 0 Å². The van der Waals surface area contributed by atoms with Crippen molar-refractivity contribution in [3.05, 3.63) is 0 Å². The van der Waals surface area contributed by atoms with Gasteiger partial charge in [0.2, 0.25) is 11.8 Å². The van der Waals surface area contributed by atoms with Crippen LogP contribution >= 0.6 is 0 Å². The van der Waals surface area contributed by atoms with E-state index < -0.39 is 0 Å². The van der Waals surface area contributed by atoms with E-state index in [2.05, 4.69) is 19.2 Å². The van der Waals surface area contributed by atoms with Crippen molar-refractivity contribution in [2.24, 2.45) is 17.8 Å². The van der Waals surface area contributed by atoms with Crippen molar-refractivity contribution in [1.29, 1.82) is 0 Å². The molecule has 0 spiro atoms. The molecule has 2 fully saturated rings. The summed E-state index contributed by atoms with van der Waals surface area (Å²) < 4.78 is 0. The van der Waals surface area contributed by atoms with Gasteiger partial charge < -0.3 is 10.2 Å². The third kappa shape index (κ3) is 3.09. The second kappa shape index (κ2) is 6.37. The molecule has 120 valence electrons. The third-order valence-electron chi connectivity index (χ3n) is 5.29. The average Bonchev–Trinajstić information content (AvgIpc) is 2.85. The smallest absolute Gasteiger partial charge is 0.246 e. The first-order valence-electron chi connectivity index (χ1n) is 8.49. The first-order valence-corrected chi connectivity index (χ1v) is 8.49. The van der Waals surface area contributed by atoms with Crippen LogP contribution in [0.25, 0.3) is 0 Å². The van der Waals surface area contributed by atoms with Crippen LogP contribution in [0, 0.1) is 17.8 Å². The van der Waals surface area contributed by atoms with E-state index in [1.165, 1.54) is 0 Å². The molecule has 2 amide bonds. The fraction of sp³-hybridized carbons (Fsp3) is 0.882. The van der Waals surface area contributed by atoms with E-state index in [9.17, 15) is 9.59 Å². The monoisotopic (exact) mass is 294 g/mol. The summed E-state index contributed by atoms with van der Waals surface area (Å²) in [4.78, 5) is 27.5. The van der Waals surface area contributed by atoms with Gasteiger partial charge in [-0.15, -0.1) is 0 Å². The molecule has 1 aliphatic carbocycles. The van der Waals surface area contributed by atoms with Crippen molar-refractivity contribution in [2.45, 2.75) is 78.4 Å². The molecular formula is C17H30N2O2. The molecule has 1 aliphatic heterocycles. The molecule has 1 N–H and O–H groups in total. The topological polar surface area (TPSA) is 49.4 Å². The molecule has 1 saturated carbocycles. The number of piperazine rings is 1. The zero-order valence-corrected chi connectivity index (χ0v) is 14.1. The van der Waals surface area contributed by atoms with Gasteiger partial charge in [-0.25, -0.2) is 0 Å². The lowest BCUT2D eigenvalue weighted by molar-refractivity contribution is -0.155. The van der Waals surface area contributed by atoms with Crippen LogP contribution in [0.1, 0.15) is 60.3 Å². The van der Waals surface area contributed by atoms with Crippen LogP contribution in [-0.2, 0) is 9.59 Å². The van der Waals surface area contributed by atoms with Gasteiger partial charge in [-0.1, -0.05) is 41.0 Å². The van der Waals surface area contributed by atoms with Gasteiger partial charge >= 0.3 is 0 Å². The van der Waals surface area contributed by atoms with E-state index in [1.807, 2.05) is 25.7 Å². The molecule has 0 bridgehead atoms. The number of rotatable bonds is 4. The lowest BCUT2D eigenvalue weighted by Gasteiger charge is -2.45. The molecule has 2 aliphatic rings. The minimum Gasteiger partial charge on any atom is -0.342 e. The van der Waals surface area contributed by atoms with Crippen molar-refractivity contribution >= 4 is 11.8 Å². The Hall–Kier alpha value is -1.06. The summed E-state index contributed by atoms with van der Waals surface area (Å²) in [5, 5.41) is 2.98. The minimum absolute atomic E-state index is 0.0365. The van der Waals surface area contributed by atoms with Crippen LogP contribution in [0.2, 0.25) is 0 Å². The highest BCUT2D eigenvalue weighted by Crippen LogP contribution is 2.34. The maximum Gasteiger partial charge on any atom is 0.246 e. The van der Waals surface area contributed by atoms with E-state index in [-0.39, 0.29) is 41.8 Å². The summed E-state index contributed by atoms with van der Waals surface area (Å²) >= 11 is 0. The quantitative estimate of drug-likeness (QED) is 0.866. The zero-order valence-electron chi connectivity index (χ0n) is 14.1. The standard InChI is InChI=1S/C17H30N2O2/c1-6-12(5)14-17(21)19(13-8-7-11(4)9-13)15(10(2)3)16(20)18-14/h10-15H,6-9H2,1-5H3,(H,18,20). The Labute approximate surface area is 128 Å². The molecule has 5 atom stereocenters. The van der Waals surface area contributed by atoms with Crippen LogP contribution in [0.4, 0.5) is 0 Å². The van der Waals surface area contributed by atoms with Gasteiger partial charge in [-0.05, 0) is 37.0 Å². The number of carbonyl (C=O) groups is 2. The third-order valence-corrected chi connectivity index (χ3v) is 5.29. The van der Waals surface area contributed by atoms with E-state index in [0.29, 0.717) is 5.92 Å². The predicted molar refractivity (Wildman–Crippen MR) is 83.7 cm³/mol. The van der Waals surface area contributed by atoms with Crippen LogP contribution in [0.3, 0.4) is 0 Å². The second-order valence-electron chi connectivity index (χ2n) is 7.38. The highest BCUT2D eigenvalue weighted by Gasteiger charge is 2.47. The highest BCUT2D eigenvalue weighted by atomic mass is 16.2. The number of nitrogens with one attached hydrogen (secondary N) is 1. The van der Waals surface area contributed by atoms with Gasteiger partial charge in [0.05, 0.1) is 0 Å². The zero-order chi connectivity index (χ0) is 15.7. The van der Waals surface area contributed by atoms with Gasteiger partial charge in [0.1, 0.15) is 12.1 Å². The lowest BCUT2D eigenvalue weighted by Crippen LogP contribution is -2.68. The predicted octanol–water partition coefficient (Wildman–Crippen LogP) is 2.57. The first kappa shape index (κ1) is 16.3. The lowest BCUT2D eigenvalue weighted by atomic mass is 9.89. The Morgan fingerprint density at radius 3 is 2.38 bits per heavy atom. The maximum absolute atomic E-state index is 13.0. The van der Waals surface area contributed by atoms with Crippen LogP contribution < -0.4 is 5.32 Å². The molecule has 1 saturated heterocycles. The summed E-state index contributed by atoms with van der Waals surface area (Å²) in [6.07, 6.45) is 4.14. The molecule has 4 heteroatoms. The fourth-order valence-corrected chi connectivity index (χ4v) is 3.81. The normalized spacial score (nSPS) is 35.2. The van der Waals surface area contributed by atoms with Gasteiger partial charge in [0.15, 0.2) is 0 Å². The minimum atomic E-state index is -0.339. The van der Waals surface area contributed by atoms with Gasteiger partial charge in [-0.3, -0.25) is 9.59 Å². The summed E-state index contributed by atoms with van der Waals surface area (Å²) in [5.41, 5.74) is 0. The Kier molecular flexibility index (Phi) is 4.95. The van der Waals surface area contributed by atoms with Gasteiger partial charge in [-0.2, -0.15) is 0 Å². The Balaban J connectivity index is 2.28. The molecule has 0 aromatic rings. The van der Waals surface area contributed by atoms with Crippen LogP contribution in [0.15, 0.2) is 0 Å². The Morgan fingerprint density at radius 1 is 1.24 bits per heavy atom. The summed E-state index contributed by atoms with van der Waals surface area (Å²) in [7, 11) is 0. The summed E-state index contributed by atoms with van der Waals surface area (Å²) in [5.74, 6) is 1.18. The highest BCUT2D eigenvalue weighted by molar-refractivity contribution is 5.97. The molecule has 0 radical (unpaired) electrons. The van der Waals surface area contributed by atoms with Crippen molar-refractivity contribution in [3.63, 3.8) is 0 Å². The number of nitrogens with zero attached hydrogens (tertiary/aromatic N) is 1. The Bertz CT molecular complexity index is 408. The number of hydrogen-bond acceptors (Lipinski definition) is 2. The van der Waals surface area contributed by atoms with E-state index in [1.54, 1.807) is 0 Å². The van der Waals surface area contributed by atoms with E-state index in [4.69, 9.17) is 0 Å². The van der Waals surface area contributed by atoms with Crippen LogP contribution in [-0.4, -0.2) is 34.8 Å². The van der Waals surface area contributed by atoms with Crippen molar-refractivity contribution in [3.8, 4) is 0 Å². The number of hydrogen-bond donors (Lipinski definition) is 1. The number of amides is 2. The molecule has 5 unspecified atom stereocenters. The van der Waals surface area contributed by atoms with E-state index in [0.717, 1.165) is 25.7 Å². The number of carbonyl (C=O) groups excluding carboxylic acids is 2. The summed E-state index contributed by atoms with van der Waals surface area (Å²) in [6, 6.07) is -0.390. The SMILES string of the molecule is CCC(C)C1NC(=O)C(C(C)C)N(C2CCC(C)C2)C1=O. The fourth-order valence-electron chi connectivity index (χ4n) is 3.81. The van der Waals surface area contributed by atoms with Gasteiger partial charge in [0.25, 0.3) is 0 Å². The molecular weight excluding hydrogens is 264 g/mol. The average molecular weight is 294 g/mol. The molecule has 1 heterocycles. The first-order chi connectivity index (χ1) is 9.86. The molecule has 2 rings (SSSR count). The van der Waals surface area contributed by atoms with Crippen molar-refractivity contribution in [2.75, 3.05) is 0 Å². The molecule has 0 aromatic carbocycles.